The number of alkyl carbamates (subject to hydrolysis) is 1. The monoisotopic (exact) mass is 283 g/mol. The Morgan fingerprint density at radius 3 is 2.30 bits per heavy atom. The maximum atomic E-state index is 12.0. The molecule has 0 heterocycles. The summed E-state index contributed by atoms with van der Waals surface area (Å²) in [7, 11) is 0. The van der Waals surface area contributed by atoms with Crippen molar-refractivity contribution in [3.8, 4) is 0 Å². The van der Waals surface area contributed by atoms with Crippen molar-refractivity contribution in [2.45, 2.75) is 77.9 Å². The molecule has 116 valence electrons. The number of aldehydes is 1. The van der Waals surface area contributed by atoms with Crippen LogP contribution < -0.4 is 5.32 Å². The van der Waals surface area contributed by atoms with Crippen molar-refractivity contribution >= 4 is 12.4 Å². The number of carbonyl (C=O) groups excluding carboxylic acids is 2. The maximum absolute atomic E-state index is 12.0. The third-order valence-corrected chi connectivity index (χ3v) is 4.17. The maximum Gasteiger partial charge on any atom is 0.408 e. The largest absolute Gasteiger partial charge is 0.444 e. The van der Waals surface area contributed by atoms with Crippen LogP contribution in [0.2, 0.25) is 0 Å². The zero-order chi connectivity index (χ0) is 15.4. The molecule has 20 heavy (non-hydrogen) atoms. The topological polar surface area (TPSA) is 55.4 Å². The molecule has 1 rings (SSSR count). The van der Waals surface area contributed by atoms with Crippen molar-refractivity contribution in [3.63, 3.8) is 0 Å². The zero-order valence-electron chi connectivity index (χ0n) is 13.5. The van der Waals surface area contributed by atoms with Crippen molar-refractivity contribution in [2.75, 3.05) is 0 Å². The Hall–Kier alpha value is -1.06. The van der Waals surface area contributed by atoms with E-state index in [1.807, 2.05) is 20.8 Å². The first-order chi connectivity index (χ1) is 9.17. The minimum atomic E-state index is -0.512. The van der Waals surface area contributed by atoms with Gasteiger partial charge < -0.3 is 14.8 Å². The van der Waals surface area contributed by atoms with Gasteiger partial charge >= 0.3 is 6.09 Å². The van der Waals surface area contributed by atoms with E-state index in [4.69, 9.17) is 4.74 Å². The molecular formula is C16H29NO3. The zero-order valence-corrected chi connectivity index (χ0v) is 13.5. The number of hydrogen-bond donors (Lipinski definition) is 1. The highest BCUT2D eigenvalue weighted by atomic mass is 16.6. The molecule has 1 N–H and O–H groups in total. The number of carbonyl (C=O) groups is 2. The minimum absolute atomic E-state index is 0.372. The molecule has 0 aromatic carbocycles. The van der Waals surface area contributed by atoms with Crippen LogP contribution in [0.3, 0.4) is 0 Å². The van der Waals surface area contributed by atoms with E-state index in [0.29, 0.717) is 18.3 Å². The van der Waals surface area contributed by atoms with Gasteiger partial charge in [0.05, 0.1) is 5.54 Å². The van der Waals surface area contributed by atoms with Crippen LogP contribution in [0.1, 0.15) is 66.7 Å². The molecule has 0 aromatic heterocycles. The highest BCUT2D eigenvalue weighted by molar-refractivity contribution is 5.69. The van der Waals surface area contributed by atoms with E-state index in [9.17, 15) is 9.59 Å². The third-order valence-electron chi connectivity index (χ3n) is 4.17. The molecule has 1 amide bonds. The summed E-state index contributed by atoms with van der Waals surface area (Å²) in [6.45, 7) is 10.00. The lowest BCUT2D eigenvalue weighted by molar-refractivity contribution is -0.109. The molecule has 0 radical (unpaired) electrons. The summed E-state index contributed by atoms with van der Waals surface area (Å²) in [5.41, 5.74) is -0.920. The molecule has 4 nitrogen and oxygen atoms in total. The summed E-state index contributed by atoms with van der Waals surface area (Å²) in [6, 6.07) is 0. The van der Waals surface area contributed by atoms with Gasteiger partial charge in [-0.25, -0.2) is 4.79 Å². The molecule has 4 heteroatoms. The van der Waals surface area contributed by atoms with Crippen molar-refractivity contribution in [1.82, 2.24) is 5.32 Å². The van der Waals surface area contributed by atoms with Crippen molar-refractivity contribution < 1.29 is 14.3 Å². The number of ether oxygens (including phenoxy) is 1. The number of nitrogens with one attached hydrogen (secondary N) is 1. The van der Waals surface area contributed by atoms with Crippen LogP contribution in [0.25, 0.3) is 0 Å². The lowest BCUT2D eigenvalue weighted by Gasteiger charge is -2.41. The molecule has 1 fully saturated rings. The van der Waals surface area contributed by atoms with Gasteiger partial charge in [-0.05, 0) is 58.3 Å². The van der Waals surface area contributed by atoms with Gasteiger partial charge in [0.1, 0.15) is 11.9 Å². The van der Waals surface area contributed by atoms with Gasteiger partial charge in [-0.15, -0.1) is 0 Å². The average molecular weight is 283 g/mol. The molecule has 0 spiro atoms. The highest BCUT2D eigenvalue weighted by Gasteiger charge is 2.38. The minimum Gasteiger partial charge on any atom is -0.444 e. The molecular weight excluding hydrogens is 254 g/mol. The van der Waals surface area contributed by atoms with Crippen LogP contribution >= 0.6 is 0 Å². The molecule has 0 aromatic rings. The number of rotatable bonds is 4. The smallest absolute Gasteiger partial charge is 0.408 e. The summed E-state index contributed by atoms with van der Waals surface area (Å²) in [6.07, 6.45) is 4.69. The van der Waals surface area contributed by atoms with Crippen molar-refractivity contribution in [1.29, 1.82) is 0 Å². The Balaban J connectivity index is 2.65. The molecule has 0 aliphatic heterocycles. The second kappa shape index (κ2) is 6.59. The predicted molar refractivity (Wildman–Crippen MR) is 79.6 cm³/mol. The van der Waals surface area contributed by atoms with Crippen LogP contribution in [0.5, 0.6) is 0 Å². The van der Waals surface area contributed by atoms with E-state index < -0.39 is 17.2 Å². The fourth-order valence-electron chi connectivity index (χ4n) is 2.92. The molecule has 1 aliphatic rings. The van der Waals surface area contributed by atoms with Gasteiger partial charge in [0.2, 0.25) is 0 Å². The lowest BCUT2D eigenvalue weighted by Crippen LogP contribution is -2.52. The van der Waals surface area contributed by atoms with Gasteiger partial charge in [0, 0.05) is 6.42 Å². The SMILES string of the molecule is CC(C)C1CCC(CC=O)(NC(=O)OC(C)(C)C)CC1. The number of amides is 1. The van der Waals surface area contributed by atoms with Gasteiger partial charge in [-0.2, -0.15) is 0 Å². The Morgan fingerprint density at radius 2 is 1.90 bits per heavy atom. The molecule has 1 saturated carbocycles. The third kappa shape index (κ3) is 5.14. The van der Waals surface area contributed by atoms with Crippen molar-refractivity contribution in [2.24, 2.45) is 11.8 Å². The van der Waals surface area contributed by atoms with Crippen molar-refractivity contribution in [3.05, 3.63) is 0 Å². The Kier molecular flexibility index (Phi) is 5.60. The van der Waals surface area contributed by atoms with E-state index in [-0.39, 0.29) is 0 Å². The summed E-state index contributed by atoms with van der Waals surface area (Å²) >= 11 is 0. The Bertz CT molecular complexity index is 336. The first-order valence-corrected chi connectivity index (χ1v) is 7.62. The molecule has 0 saturated heterocycles. The van der Waals surface area contributed by atoms with Crippen LogP contribution in [0.15, 0.2) is 0 Å². The quantitative estimate of drug-likeness (QED) is 0.801. The molecule has 0 bridgehead atoms. The second-order valence-electron chi connectivity index (χ2n) is 7.36. The van der Waals surface area contributed by atoms with E-state index in [1.165, 1.54) is 0 Å². The normalized spacial score (nSPS) is 27.2. The van der Waals surface area contributed by atoms with Crippen LogP contribution in [0.4, 0.5) is 4.79 Å². The molecule has 0 unspecified atom stereocenters. The number of hydrogen-bond acceptors (Lipinski definition) is 3. The standard InChI is InChI=1S/C16H29NO3/c1-12(2)13-6-8-16(9-7-13,10-11-18)17-14(19)20-15(3,4)5/h11-13H,6-10H2,1-5H3,(H,17,19). The Labute approximate surface area is 122 Å². The summed E-state index contributed by atoms with van der Waals surface area (Å²) < 4.78 is 5.32. The van der Waals surface area contributed by atoms with Gasteiger partial charge in [-0.3, -0.25) is 0 Å². The van der Waals surface area contributed by atoms with Crippen LogP contribution in [-0.2, 0) is 9.53 Å². The van der Waals surface area contributed by atoms with Crippen LogP contribution in [-0.4, -0.2) is 23.5 Å². The van der Waals surface area contributed by atoms with Gasteiger partial charge in [-0.1, -0.05) is 13.8 Å². The van der Waals surface area contributed by atoms with E-state index in [1.54, 1.807) is 0 Å². The van der Waals surface area contributed by atoms with Gasteiger partial charge in [0.15, 0.2) is 0 Å². The first kappa shape index (κ1) is 17.0. The van der Waals surface area contributed by atoms with Crippen LogP contribution in [0, 0.1) is 11.8 Å². The summed E-state index contributed by atoms with van der Waals surface area (Å²) in [4.78, 5) is 22.9. The van der Waals surface area contributed by atoms with E-state index in [0.717, 1.165) is 32.0 Å². The molecule has 1 aliphatic carbocycles. The van der Waals surface area contributed by atoms with E-state index >= 15 is 0 Å². The Morgan fingerprint density at radius 1 is 1.35 bits per heavy atom. The first-order valence-electron chi connectivity index (χ1n) is 7.62. The highest BCUT2D eigenvalue weighted by Crippen LogP contribution is 2.37. The predicted octanol–water partition coefficient (Wildman–Crippen LogP) is 3.69. The fourth-order valence-corrected chi connectivity index (χ4v) is 2.92. The fraction of sp³-hybridized carbons (Fsp3) is 0.875. The summed E-state index contributed by atoms with van der Waals surface area (Å²) in [5, 5.41) is 2.96. The average Bonchev–Trinajstić information content (AvgIpc) is 2.26. The molecule has 0 atom stereocenters. The van der Waals surface area contributed by atoms with E-state index in [2.05, 4.69) is 19.2 Å². The lowest BCUT2D eigenvalue weighted by atomic mass is 9.72. The van der Waals surface area contributed by atoms with Gasteiger partial charge in [0.25, 0.3) is 0 Å². The second-order valence-corrected chi connectivity index (χ2v) is 7.36. The summed E-state index contributed by atoms with van der Waals surface area (Å²) in [5.74, 6) is 1.35.